The molecule has 182 valence electrons. The van der Waals surface area contributed by atoms with Crippen LogP contribution in [-0.2, 0) is 17.8 Å². The van der Waals surface area contributed by atoms with Crippen molar-refractivity contribution in [1.82, 2.24) is 15.5 Å². The van der Waals surface area contributed by atoms with Gasteiger partial charge < -0.3 is 14.8 Å². The summed E-state index contributed by atoms with van der Waals surface area (Å²) in [5.74, 6) is 0.743. The van der Waals surface area contributed by atoms with Gasteiger partial charge in [-0.1, -0.05) is 86.8 Å². The summed E-state index contributed by atoms with van der Waals surface area (Å²) < 4.78 is 6.20. The maximum absolute atomic E-state index is 10.8. The van der Waals surface area contributed by atoms with Gasteiger partial charge in [-0.15, -0.1) is 10.2 Å². The molecule has 4 aromatic rings. The fourth-order valence-electron chi connectivity index (χ4n) is 4.53. The fourth-order valence-corrected chi connectivity index (χ4v) is 4.53. The molecule has 6 nitrogen and oxygen atoms in total. The topological polar surface area (TPSA) is 88.2 Å². The fraction of sp³-hybridized carbons (Fsp3) is 0.345. The molecule has 0 aliphatic carbocycles. The van der Waals surface area contributed by atoms with Crippen LogP contribution in [0.25, 0.3) is 22.2 Å². The van der Waals surface area contributed by atoms with Crippen molar-refractivity contribution in [3.8, 4) is 11.5 Å². The quantitative estimate of drug-likeness (QED) is 0.221. The summed E-state index contributed by atoms with van der Waals surface area (Å²) in [6.07, 6.45) is 5.53. The largest absolute Gasteiger partial charge is 0.481 e. The average Bonchev–Trinajstić information content (AvgIpc) is 3.35. The minimum atomic E-state index is -0.801. The zero-order chi connectivity index (χ0) is 24.5. The van der Waals surface area contributed by atoms with E-state index in [0.717, 1.165) is 34.7 Å². The van der Waals surface area contributed by atoms with E-state index in [1.54, 1.807) is 0 Å². The van der Waals surface area contributed by atoms with Crippen molar-refractivity contribution >= 4 is 16.7 Å². The van der Waals surface area contributed by atoms with E-state index >= 15 is 0 Å². The van der Waals surface area contributed by atoms with E-state index in [2.05, 4.69) is 58.8 Å². The Kier molecular flexibility index (Phi) is 8.63. The molecular formula is C29H33N3O3. The Bertz CT molecular complexity index is 1240. The van der Waals surface area contributed by atoms with Crippen LogP contribution in [0.15, 0.2) is 71.1 Å². The molecule has 35 heavy (non-hydrogen) atoms. The first kappa shape index (κ1) is 24.6. The Morgan fingerprint density at radius 3 is 2.51 bits per heavy atom. The van der Waals surface area contributed by atoms with E-state index in [4.69, 9.17) is 9.52 Å². The molecule has 0 fully saturated rings. The molecule has 0 spiro atoms. The minimum absolute atomic E-state index is 0.100. The molecule has 0 amide bonds. The van der Waals surface area contributed by atoms with Gasteiger partial charge in [0.05, 0.1) is 6.42 Å². The van der Waals surface area contributed by atoms with Gasteiger partial charge in [0.2, 0.25) is 11.8 Å². The highest BCUT2D eigenvalue weighted by atomic mass is 16.4. The Hall–Kier alpha value is -3.51. The summed E-state index contributed by atoms with van der Waals surface area (Å²) in [7, 11) is 0. The first-order valence-electron chi connectivity index (χ1n) is 12.5. The number of aliphatic carboxylic acids is 1. The number of benzene rings is 3. The van der Waals surface area contributed by atoms with Crippen molar-refractivity contribution in [1.29, 1.82) is 0 Å². The van der Waals surface area contributed by atoms with E-state index in [1.165, 1.54) is 24.8 Å². The zero-order valence-electron chi connectivity index (χ0n) is 20.2. The normalized spacial score (nSPS) is 12.1. The van der Waals surface area contributed by atoms with Crippen LogP contribution in [-0.4, -0.2) is 27.8 Å². The molecule has 1 atom stereocenters. The maximum atomic E-state index is 10.8. The van der Waals surface area contributed by atoms with Gasteiger partial charge in [0.25, 0.3) is 0 Å². The molecule has 0 radical (unpaired) electrons. The highest BCUT2D eigenvalue weighted by molar-refractivity contribution is 5.96. The summed E-state index contributed by atoms with van der Waals surface area (Å²) in [6, 6.07) is 22.8. The summed E-state index contributed by atoms with van der Waals surface area (Å²) in [5, 5.41) is 23.0. The van der Waals surface area contributed by atoms with Gasteiger partial charge in [0.15, 0.2) is 0 Å². The van der Waals surface area contributed by atoms with Crippen molar-refractivity contribution in [2.24, 2.45) is 0 Å². The number of hydrogen-bond acceptors (Lipinski definition) is 5. The van der Waals surface area contributed by atoms with Gasteiger partial charge in [-0.2, -0.15) is 0 Å². The lowest BCUT2D eigenvalue weighted by Gasteiger charge is -2.15. The molecule has 0 bridgehead atoms. The lowest BCUT2D eigenvalue weighted by Crippen LogP contribution is -2.17. The second-order valence-corrected chi connectivity index (χ2v) is 8.95. The van der Waals surface area contributed by atoms with Gasteiger partial charge in [-0.3, -0.25) is 4.79 Å². The SMILES string of the molecule is CCCCCC(Cc1nnc(-c2ccc(CNCCC(=O)O)c3ccccc23)o1)c1ccccc1. The standard InChI is InChI=1S/C29H33N3O3/c1-2-3-5-12-22(21-10-6-4-7-11-21)19-27-31-32-29(35-27)26-16-15-23(20-30-18-17-28(33)34)24-13-8-9-14-25(24)26/h4,6-11,13-16,22,30H,2-3,5,12,17-20H2,1H3,(H,33,34). The monoisotopic (exact) mass is 471 g/mol. The van der Waals surface area contributed by atoms with Crippen LogP contribution in [0.5, 0.6) is 0 Å². The van der Waals surface area contributed by atoms with E-state index in [9.17, 15) is 4.79 Å². The summed E-state index contributed by atoms with van der Waals surface area (Å²) in [6.45, 7) is 3.25. The third-order valence-corrected chi connectivity index (χ3v) is 6.39. The molecule has 0 aliphatic rings. The van der Waals surface area contributed by atoms with Crippen LogP contribution in [0, 0.1) is 0 Å². The molecule has 2 N–H and O–H groups in total. The van der Waals surface area contributed by atoms with E-state index in [-0.39, 0.29) is 6.42 Å². The number of hydrogen-bond donors (Lipinski definition) is 2. The summed E-state index contributed by atoms with van der Waals surface area (Å²) in [5.41, 5.74) is 3.33. The van der Waals surface area contributed by atoms with Crippen molar-refractivity contribution in [2.75, 3.05) is 6.54 Å². The molecule has 6 heteroatoms. The molecule has 0 saturated heterocycles. The second-order valence-electron chi connectivity index (χ2n) is 8.95. The van der Waals surface area contributed by atoms with Gasteiger partial charge in [-0.25, -0.2) is 0 Å². The van der Waals surface area contributed by atoms with E-state index < -0.39 is 5.97 Å². The van der Waals surface area contributed by atoms with Crippen molar-refractivity contribution in [3.63, 3.8) is 0 Å². The molecular weight excluding hydrogens is 438 g/mol. The van der Waals surface area contributed by atoms with Gasteiger partial charge >= 0.3 is 5.97 Å². The highest BCUT2D eigenvalue weighted by Crippen LogP contribution is 2.32. The van der Waals surface area contributed by atoms with E-state index in [0.29, 0.717) is 30.8 Å². The molecule has 1 unspecified atom stereocenters. The van der Waals surface area contributed by atoms with Gasteiger partial charge in [-0.05, 0) is 40.3 Å². The molecule has 4 rings (SSSR count). The van der Waals surface area contributed by atoms with Gasteiger partial charge in [0.1, 0.15) is 0 Å². The number of aromatic nitrogens is 2. The Labute approximate surface area is 206 Å². The third-order valence-electron chi connectivity index (χ3n) is 6.39. The highest BCUT2D eigenvalue weighted by Gasteiger charge is 2.18. The summed E-state index contributed by atoms with van der Waals surface area (Å²) >= 11 is 0. The summed E-state index contributed by atoms with van der Waals surface area (Å²) in [4.78, 5) is 10.8. The number of nitrogens with one attached hydrogen (secondary N) is 1. The van der Waals surface area contributed by atoms with Crippen molar-refractivity contribution in [3.05, 3.63) is 83.7 Å². The Morgan fingerprint density at radius 1 is 0.971 bits per heavy atom. The first-order valence-corrected chi connectivity index (χ1v) is 12.5. The predicted molar refractivity (Wildman–Crippen MR) is 138 cm³/mol. The third kappa shape index (κ3) is 6.55. The Morgan fingerprint density at radius 2 is 1.74 bits per heavy atom. The molecule has 0 saturated carbocycles. The zero-order valence-corrected chi connectivity index (χ0v) is 20.2. The average molecular weight is 472 g/mol. The van der Waals surface area contributed by atoms with Crippen LogP contribution in [0.3, 0.4) is 0 Å². The number of carbonyl (C=O) groups is 1. The van der Waals surface area contributed by atoms with E-state index in [1.807, 2.05) is 30.3 Å². The number of nitrogens with zero attached hydrogens (tertiary/aromatic N) is 2. The smallest absolute Gasteiger partial charge is 0.304 e. The number of unbranched alkanes of at least 4 members (excludes halogenated alkanes) is 2. The van der Waals surface area contributed by atoms with Crippen LogP contribution in [0.2, 0.25) is 0 Å². The van der Waals surface area contributed by atoms with Crippen LogP contribution < -0.4 is 5.32 Å². The number of fused-ring (bicyclic) bond motifs is 1. The lowest BCUT2D eigenvalue weighted by atomic mass is 9.90. The lowest BCUT2D eigenvalue weighted by molar-refractivity contribution is -0.136. The van der Waals surface area contributed by atoms with Crippen LogP contribution in [0.1, 0.15) is 62.0 Å². The van der Waals surface area contributed by atoms with Crippen LogP contribution >= 0.6 is 0 Å². The second kappa shape index (κ2) is 12.3. The molecule has 3 aromatic carbocycles. The number of rotatable bonds is 13. The Balaban J connectivity index is 1.54. The van der Waals surface area contributed by atoms with Gasteiger partial charge in [0, 0.05) is 25.1 Å². The first-order chi connectivity index (χ1) is 17.2. The van der Waals surface area contributed by atoms with Crippen molar-refractivity contribution < 1.29 is 14.3 Å². The van der Waals surface area contributed by atoms with Crippen molar-refractivity contribution in [2.45, 2.75) is 57.9 Å². The number of carboxylic acids is 1. The maximum Gasteiger partial charge on any atom is 0.304 e. The van der Waals surface area contributed by atoms with Crippen LogP contribution in [0.4, 0.5) is 0 Å². The molecule has 0 aliphatic heterocycles. The predicted octanol–water partition coefficient (Wildman–Crippen LogP) is 6.36. The minimum Gasteiger partial charge on any atom is -0.481 e. The molecule has 1 heterocycles. The molecule has 1 aromatic heterocycles. The number of carboxylic acid groups (broad SMARTS) is 1.